The maximum atomic E-state index is 10.9. The molecule has 1 rings (SSSR count). The van der Waals surface area contributed by atoms with Crippen molar-refractivity contribution in [2.45, 2.75) is 6.54 Å². The van der Waals surface area contributed by atoms with Gasteiger partial charge in [0.05, 0.1) is 6.26 Å². The SMILES string of the molecule is CS(=O)(=O)NCc1ccccc1OCN. The van der Waals surface area contributed by atoms with Crippen LogP contribution < -0.4 is 15.2 Å². The number of benzene rings is 1. The first-order chi connectivity index (χ1) is 7.03. The molecule has 0 heterocycles. The highest BCUT2D eigenvalue weighted by molar-refractivity contribution is 7.88. The summed E-state index contributed by atoms with van der Waals surface area (Å²) in [6.07, 6.45) is 1.11. The Kier molecular flexibility index (Phi) is 4.07. The van der Waals surface area contributed by atoms with Crippen LogP contribution in [0.25, 0.3) is 0 Å². The lowest BCUT2D eigenvalue weighted by Crippen LogP contribution is -2.21. The molecule has 0 fully saturated rings. The summed E-state index contributed by atoms with van der Waals surface area (Å²) < 4.78 is 29.3. The van der Waals surface area contributed by atoms with E-state index < -0.39 is 10.0 Å². The Bertz CT molecular complexity index is 417. The lowest BCUT2D eigenvalue weighted by atomic mass is 10.2. The largest absolute Gasteiger partial charge is 0.478 e. The Hall–Kier alpha value is -1.11. The second-order valence-electron chi connectivity index (χ2n) is 3.01. The molecule has 0 saturated carbocycles. The van der Waals surface area contributed by atoms with Gasteiger partial charge in [-0.1, -0.05) is 18.2 Å². The van der Waals surface area contributed by atoms with Gasteiger partial charge in [-0.2, -0.15) is 0 Å². The van der Waals surface area contributed by atoms with Gasteiger partial charge >= 0.3 is 0 Å². The molecule has 0 unspecified atom stereocenters. The van der Waals surface area contributed by atoms with Crippen LogP contribution in [0.5, 0.6) is 5.75 Å². The van der Waals surface area contributed by atoms with E-state index in [2.05, 4.69) is 4.72 Å². The van der Waals surface area contributed by atoms with E-state index in [1.807, 2.05) is 6.07 Å². The summed E-state index contributed by atoms with van der Waals surface area (Å²) in [5, 5.41) is 0. The van der Waals surface area contributed by atoms with Crippen LogP contribution in [0.2, 0.25) is 0 Å². The second-order valence-corrected chi connectivity index (χ2v) is 4.85. The molecule has 15 heavy (non-hydrogen) atoms. The van der Waals surface area contributed by atoms with Gasteiger partial charge in [0, 0.05) is 12.1 Å². The van der Waals surface area contributed by atoms with Gasteiger partial charge in [0.15, 0.2) is 0 Å². The highest BCUT2D eigenvalue weighted by Crippen LogP contribution is 2.17. The second kappa shape index (κ2) is 5.11. The zero-order valence-electron chi connectivity index (χ0n) is 8.43. The molecule has 0 aromatic heterocycles. The van der Waals surface area contributed by atoms with E-state index in [0.717, 1.165) is 11.8 Å². The van der Waals surface area contributed by atoms with Crippen molar-refractivity contribution >= 4 is 10.0 Å². The monoisotopic (exact) mass is 230 g/mol. The van der Waals surface area contributed by atoms with Crippen molar-refractivity contribution in [3.63, 3.8) is 0 Å². The first-order valence-electron chi connectivity index (χ1n) is 4.38. The maximum Gasteiger partial charge on any atom is 0.209 e. The van der Waals surface area contributed by atoms with E-state index in [9.17, 15) is 8.42 Å². The molecule has 0 aliphatic carbocycles. The summed E-state index contributed by atoms with van der Waals surface area (Å²) in [6, 6.07) is 7.13. The van der Waals surface area contributed by atoms with Gasteiger partial charge in [0.25, 0.3) is 0 Å². The van der Waals surface area contributed by atoms with E-state index in [1.165, 1.54) is 0 Å². The van der Waals surface area contributed by atoms with Gasteiger partial charge in [-0.15, -0.1) is 0 Å². The van der Waals surface area contributed by atoms with Crippen LogP contribution >= 0.6 is 0 Å². The molecule has 0 saturated heterocycles. The molecule has 5 nitrogen and oxygen atoms in total. The van der Waals surface area contributed by atoms with Crippen LogP contribution in [0.15, 0.2) is 24.3 Å². The first-order valence-corrected chi connectivity index (χ1v) is 6.27. The summed E-state index contributed by atoms with van der Waals surface area (Å²) in [5.74, 6) is 0.594. The minimum absolute atomic E-state index is 0.0654. The topological polar surface area (TPSA) is 81.4 Å². The molecule has 0 radical (unpaired) electrons. The summed E-state index contributed by atoms with van der Waals surface area (Å²) in [6.45, 7) is 0.269. The highest BCUT2D eigenvalue weighted by Gasteiger charge is 2.05. The Balaban J connectivity index is 2.75. The van der Waals surface area contributed by atoms with Crippen molar-refractivity contribution in [2.75, 3.05) is 13.0 Å². The summed E-state index contributed by atoms with van der Waals surface area (Å²) in [7, 11) is -3.19. The van der Waals surface area contributed by atoms with Gasteiger partial charge in [-0.05, 0) is 6.07 Å². The van der Waals surface area contributed by atoms with Crippen molar-refractivity contribution in [3.8, 4) is 5.75 Å². The minimum atomic E-state index is -3.19. The predicted molar refractivity (Wildman–Crippen MR) is 57.8 cm³/mol. The summed E-state index contributed by atoms with van der Waals surface area (Å²) in [4.78, 5) is 0. The third-order valence-electron chi connectivity index (χ3n) is 1.74. The molecule has 0 bridgehead atoms. The molecule has 84 valence electrons. The van der Waals surface area contributed by atoms with Gasteiger partial charge in [0.2, 0.25) is 10.0 Å². The number of rotatable bonds is 5. The zero-order valence-corrected chi connectivity index (χ0v) is 9.25. The predicted octanol–water partition coefficient (Wildman–Crippen LogP) is 0.0308. The number of nitrogens with one attached hydrogen (secondary N) is 1. The molecular weight excluding hydrogens is 216 g/mol. The Morgan fingerprint density at radius 3 is 2.67 bits per heavy atom. The molecule has 0 aliphatic rings. The standard InChI is InChI=1S/C9H14N2O3S/c1-15(12,13)11-6-8-4-2-3-5-9(8)14-7-10/h2-5,11H,6-7,10H2,1H3. The Morgan fingerprint density at radius 1 is 1.40 bits per heavy atom. The lowest BCUT2D eigenvalue weighted by Gasteiger charge is -2.09. The van der Waals surface area contributed by atoms with Gasteiger partial charge < -0.3 is 4.74 Å². The molecule has 0 aliphatic heterocycles. The van der Waals surface area contributed by atoms with Crippen LogP contribution in [0.3, 0.4) is 0 Å². The molecule has 1 aromatic rings. The number of para-hydroxylation sites is 1. The van der Waals surface area contributed by atoms with Crippen LogP contribution in [0.4, 0.5) is 0 Å². The molecule has 0 atom stereocenters. The summed E-state index contributed by atoms with van der Waals surface area (Å²) >= 11 is 0. The quantitative estimate of drug-likeness (QED) is 0.699. The number of hydrogen-bond donors (Lipinski definition) is 2. The van der Waals surface area contributed by atoms with Crippen molar-refractivity contribution in [2.24, 2.45) is 5.73 Å². The lowest BCUT2D eigenvalue weighted by molar-refractivity contribution is 0.326. The van der Waals surface area contributed by atoms with Crippen LogP contribution in [0.1, 0.15) is 5.56 Å². The molecule has 0 spiro atoms. The fourth-order valence-corrected chi connectivity index (χ4v) is 1.51. The fraction of sp³-hybridized carbons (Fsp3) is 0.333. The number of sulfonamides is 1. The maximum absolute atomic E-state index is 10.9. The van der Waals surface area contributed by atoms with Crippen molar-refractivity contribution < 1.29 is 13.2 Å². The average molecular weight is 230 g/mol. The van der Waals surface area contributed by atoms with Crippen LogP contribution in [0, 0.1) is 0 Å². The van der Waals surface area contributed by atoms with Gasteiger partial charge in [0.1, 0.15) is 12.5 Å². The van der Waals surface area contributed by atoms with Crippen molar-refractivity contribution in [1.82, 2.24) is 4.72 Å². The molecule has 6 heteroatoms. The van der Waals surface area contributed by atoms with E-state index in [4.69, 9.17) is 10.5 Å². The smallest absolute Gasteiger partial charge is 0.209 e. The third kappa shape index (κ3) is 4.28. The number of hydrogen-bond acceptors (Lipinski definition) is 4. The minimum Gasteiger partial charge on any atom is -0.478 e. The molecule has 3 N–H and O–H groups in total. The van der Waals surface area contributed by atoms with E-state index in [-0.39, 0.29) is 13.3 Å². The highest BCUT2D eigenvalue weighted by atomic mass is 32.2. The van der Waals surface area contributed by atoms with Gasteiger partial charge in [-0.3, -0.25) is 5.73 Å². The third-order valence-corrected chi connectivity index (χ3v) is 2.40. The van der Waals surface area contributed by atoms with E-state index in [1.54, 1.807) is 18.2 Å². The van der Waals surface area contributed by atoms with Crippen LogP contribution in [-0.4, -0.2) is 21.4 Å². The van der Waals surface area contributed by atoms with Crippen LogP contribution in [-0.2, 0) is 16.6 Å². The Labute approximate surface area is 89.3 Å². The average Bonchev–Trinajstić information content (AvgIpc) is 2.16. The van der Waals surface area contributed by atoms with E-state index >= 15 is 0 Å². The number of ether oxygens (including phenoxy) is 1. The summed E-state index contributed by atoms with van der Waals surface area (Å²) in [5.41, 5.74) is 6.01. The molecule has 1 aromatic carbocycles. The Morgan fingerprint density at radius 2 is 2.07 bits per heavy atom. The first kappa shape index (κ1) is 12.0. The van der Waals surface area contributed by atoms with Crippen molar-refractivity contribution in [3.05, 3.63) is 29.8 Å². The fourth-order valence-electron chi connectivity index (χ4n) is 1.09. The number of nitrogens with two attached hydrogens (primary N) is 1. The molecule has 0 amide bonds. The van der Waals surface area contributed by atoms with Crippen molar-refractivity contribution in [1.29, 1.82) is 0 Å². The normalized spacial score (nSPS) is 11.3. The zero-order chi connectivity index (χ0) is 11.3. The molecular formula is C9H14N2O3S. The van der Waals surface area contributed by atoms with E-state index in [0.29, 0.717) is 5.75 Å². The van der Waals surface area contributed by atoms with Gasteiger partial charge in [-0.25, -0.2) is 13.1 Å².